The van der Waals surface area contributed by atoms with E-state index in [1.54, 1.807) is 25.4 Å². The molecule has 1 aromatic heterocycles. The Kier molecular flexibility index (Phi) is 8.97. The van der Waals surface area contributed by atoms with Gasteiger partial charge in [-0.25, -0.2) is 4.79 Å². The third kappa shape index (κ3) is 6.82. The van der Waals surface area contributed by atoms with E-state index in [2.05, 4.69) is 54.7 Å². The van der Waals surface area contributed by atoms with Crippen LogP contribution in [-0.4, -0.2) is 73.0 Å². The van der Waals surface area contributed by atoms with Crippen LogP contribution in [-0.2, 0) is 9.59 Å². The standard InChI is InChI=1S/C31H34N8O4/c1-32-31(42)27-24(14-26(37-38-27)36-30(41)20-12-13-20)35-23-11-7-10-22(28(23)43-3)21-15-33-29(34-16-21)25(18-40)39(2)17-19-8-5-4-6-9-19/h5,7-11,14-15,20H,4,6,12-13,16-17H2,1-3H3,(H,32,42)(H,33,34)(H2,35,36,37,41). The highest BCUT2D eigenvalue weighted by Gasteiger charge is 2.30. The maximum atomic E-state index is 12.6. The van der Waals surface area contributed by atoms with E-state index in [1.807, 2.05) is 30.0 Å². The van der Waals surface area contributed by atoms with E-state index in [1.165, 1.54) is 7.05 Å². The first-order chi connectivity index (χ1) is 20.9. The lowest BCUT2D eigenvalue weighted by molar-refractivity contribution is -0.117. The van der Waals surface area contributed by atoms with E-state index in [4.69, 9.17) is 4.74 Å². The van der Waals surface area contributed by atoms with Gasteiger partial charge in [-0.15, -0.1) is 10.2 Å². The molecule has 1 aromatic carbocycles. The third-order valence-corrected chi connectivity index (χ3v) is 7.25. The van der Waals surface area contributed by atoms with Gasteiger partial charge in [0, 0.05) is 50.0 Å². The Morgan fingerprint density at radius 2 is 2.02 bits per heavy atom. The van der Waals surface area contributed by atoms with Crippen LogP contribution in [0.1, 0.15) is 41.7 Å². The molecule has 0 spiro atoms. The number of anilines is 3. The number of nitrogens with zero attached hydrogens (tertiary/aromatic N) is 4. The quantitative estimate of drug-likeness (QED) is 0.293. The van der Waals surface area contributed by atoms with Gasteiger partial charge in [0.05, 0.1) is 25.0 Å². The molecule has 12 heteroatoms. The van der Waals surface area contributed by atoms with Crippen molar-refractivity contribution in [1.82, 2.24) is 25.7 Å². The summed E-state index contributed by atoms with van der Waals surface area (Å²) in [4.78, 5) is 43.2. The van der Waals surface area contributed by atoms with Crippen molar-refractivity contribution in [2.24, 2.45) is 10.9 Å². The van der Waals surface area contributed by atoms with Crippen LogP contribution in [0.4, 0.5) is 17.2 Å². The van der Waals surface area contributed by atoms with Crippen LogP contribution in [0, 0.1) is 5.92 Å². The number of amides is 2. The molecule has 4 N–H and O–H groups in total. The zero-order chi connectivity index (χ0) is 30.3. The first-order valence-electron chi connectivity index (χ1n) is 14.1. The molecule has 1 aliphatic heterocycles. The summed E-state index contributed by atoms with van der Waals surface area (Å²) in [7, 11) is 4.90. The molecule has 2 amide bonds. The Labute approximate surface area is 249 Å². The van der Waals surface area contributed by atoms with Gasteiger partial charge in [0.1, 0.15) is 5.75 Å². The molecule has 2 aromatic rings. The van der Waals surface area contributed by atoms with Gasteiger partial charge >= 0.3 is 0 Å². The summed E-state index contributed by atoms with van der Waals surface area (Å²) in [5, 5.41) is 19.8. The largest absolute Gasteiger partial charge is 0.494 e. The van der Waals surface area contributed by atoms with Gasteiger partial charge in [-0.3, -0.25) is 14.6 Å². The average molecular weight is 583 g/mol. The first-order valence-corrected chi connectivity index (χ1v) is 14.1. The fourth-order valence-corrected chi connectivity index (χ4v) is 4.82. The van der Waals surface area contributed by atoms with Gasteiger partial charge in [0.15, 0.2) is 29.0 Å². The molecule has 0 saturated heterocycles. The second-order valence-corrected chi connectivity index (χ2v) is 10.4. The Bertz CT molecular complexity index is 1600. The number of methoxy groups -OCH3 is 1. The zero-order valence-electron chi connectivity index (χ0n) is 24.4. The molecule has 2 aliphatic carbocycles. The second-order valence-electron chi connectivity index (χ2n) is 10.4. The Morgan fingerprint density at radius 3 is 2.67 bits per heavy atom. The van der Waals surface area contributed by atoms with Crippen molar-refractivity contribution in [1.29, 1.82) is 0 Å². The van der Waals surface area contributed by atoms with Crippen LogP contribution in [0.3, 0.4) is 0 Å². The van der Waals surface area contributed by atoms with E-state index in [0.29, 0.717) is 41.7 Å². The van der Waals surface area contributed by atoms with Gasteiger partial charge < -0.3 is 30.9 Å². The molecule has 2 heterocycles. The molecule has 222 valence electrons. The summed E-state index contributed by atoms with van der Waals surface area (Å²) >= 11 is 0. The molecule has 3 aliphatic rings. The third-order valence-electron chi connectivity index (χ3n) is 7.25. The molecule has 1 saturated carbocycles. The van der Waals surface area contributed by atoms with Crippen molar-refractivity contribution in [2.45, 2.75) is 25.7 Å². The minimum absolute atomic E-state index is 0.0147. The summed E-state index contributed by atoms with van der Waals surface area (Å²) in [6.07, 6.45) is 11.9. The molecule has 0 atom stereocenters. The summed E-state index contributed by atoms with van der Waals surface area (Å²) < 4.78 is 5.81. The van der Waals surface area contributed by atoms with Crippen molar-refractivity contribution in [2.75, 3.05) is 44.9 Å². The van der Waals surface area contributed by atoms with Crippen molar-refractivity contribution in [3.63, 3.8) is 0 Å². The highest BCUT2D eigenvalue weighted by molar-refractivity contribution is 6.06. The van der Waals surface area contributed by atoms with Crippen molar-refractivity contribution in [3.8, 4) is 5.75 Å². The number of rotatable bonds is 11. The molecule has 1 fully saturated rings. The number of likely N-dealkylation sites (N-methyl/N-ethyl adjacent to an activating group) is 1. The Balaban J connectivity index is 1.36. The minimum Gasteiger partial charge on any atom is -0.494 e. The van der Waals surface area contributed by atoms with Crippen molar-refractivity contribution < 1.29 is 19.1 Å². The number of para-hydroxylation sites is 1. The average Bonchev–Trinajstić information content (AvgIpc) is 3.88. The molecular weight excluding hydrogens is 548 g/mol. The first kappa shape index (κ1) is 29.3. The molecule has 0 radical (unpaired) electrons. The normalized spacial score (nSPS) is 15.6. The molecule has 12 nitrogen and oxygen atoms in total. The van der Waals surface area contributed by atoms with E-state index >= 15 is 0 Å². The number of benzene rings is 1. The second kappa shape index (κ2) is 13.2. The smallest absolute Gasteiger partial charge is 0.273 e. The topological polar surface area (TPSA) is 150 Å². The Morgan fingerprint density at radius 1 is 1.19 bits per heavy atom. The predicted octanol–water partition coefficient (Wildman–Crippen LogP) is 3.20. The van der Waals surface area contributed by atoms with Gasteiger partial charge in [0.2, 0.25) is 5.91 Å². The molecular formula is C31H34N8O4. The fourth-order valence-electron chi connectivity index (χ4n) is 4.82. The van der Waals surface area contributed by atoms with Gasteiger partial charge in [-0.1, -0.05) is 30.4 Å². The lowest BCUT2D eigenvalue weighted by Crippen LogP contribution is -2.34. The molecule has 0 bridgehead atoms. The fraction of sp³-hybridized carbons (Fsp3) is 0.323. The number of carbonyl (C=O) groups excluding carboxylic acids is 3. The SMILES string of the molecule is CNC(=O)c1nnc(NC(=O)C2CC2)cc1Nc1cccc(C2=CNC(C(=C=O)N(C)CC3=CCCC=C3)=NC2)c1OC. The number of hydrogen-bond donors (Lipinski definition) is 4. The summed E-state index contributed by atoms with van der Waals surface area (Å²) in [5.41, 5.74) is 4.04. The lowest BCUT2D eigenvalue weighted by Gasteiger charge is -2.24. The van der Waals surface area contributed by atoms with Crippen LogP contribution in [0.25, 0.3) is 5.57 Å². The molecule has 5 rings (SSSR count). The number of allylic oxidation sites excluding steroid dienone is 2. The minimum atomic E-state index is -0.439. The van der Waals surface area contributed by atoms with Crippen LogP contribution in [0.5, 0.6) is 5.75 Å². The van der Waals surface area contributed by atoms with Crippen molar-refractivity contribution >= 4 is 46.4 Å². The highest BCUT2D eigenvalue weighted by Crippen LogP contribution is 2.37. The van der Waals surface area contributed by atoms with Crippen LogP contribution >= 0.6 is 0 Å². The summed E-state index contributed by atoms with van der Waals surface area (Å²) in [5.74, 6) is 2.65. The Hall–Kier alpha value is -5.22. The number of aromatic nitrogens is 2. The van der Waals surface area contributed by atoms with Crippen LogP contribution < -0.4 is 26.0 Å². The van der Waals surface area contributed by atoms with Crippen molar-refractivity contribution in [3.05, 3.63) is 71.2 Å². The van der Waals surface area contributed by atoms with E-state index in [-0.39, 0.29) is 23.3 Å². The number of hydrogen-bond acceptors (Lipinski definition) is 10. The number of carbonyl (C=O) groups is 2. The molecule has 43 heavy (non-hydrogen) atoms. The van der Waals surface area contributed by atoms with E-state index in [9.17, 15) is 14.4 Å². The maximum absolute atomic E-state index is 12.6. The predicted molar refractivity (Wildman–Crippen MR) is 165 cm³/mol. The summed E-state index contributed by atoms with van der Waals surface area (Å²) in [6, 6.07) is 7.13. The monoisotopic (exact) mass is 582 g/mol. The highest BCUT2D eigenvalue weighted by atomic mass is 16.5. The number of nitrogens with one attached hydrogen (secondary N) is 4. The van der Waals surface area contributed by atoms with Gasteiger partial charge in [-0.05, 0) is 37.3 Å². The number of ether oxygens (including phenoxy) is 1. The van der Waals surface area contributed by atoms with Gasteiger partial charge in [-0.2, -0.15) is 0 Å². The number of aliphatic imine (C=N–C) groups is 1. The zero-order valence-corrected chi connectivity index (χ0v) is 24.4. The van der Waals surface area contributed by atoms with Crippen LogP contribution in [0.15, 0.2) is 65.0 Å². The van der Waals surface area contributed by atoms with Crippen LogP contribution in [0.2, 0.25) is 0 Å². The molecule has 0 unspecified atom stereocenters. The summed E-state index contributed by atoms with van der Waals surface area (Å²) in [6.45, 7) is 0.870. The van der Waals surface area contributed by atoms with E-state index < -0.39 is 5.91 Å². The number of amidine groups is 1. The maximum Gasteiger partial charge on any atom is 0.273 e. The van der Waals surface area contributed by atoms with Gasteiger partial charge in [0.25, 0.3) is 5.91 Å². The lowest BCUT2D eigenvalue weighted by atomic mass is 10.0. The van der Waals surface area contributed by atoms with E-state index in [0.717, 1.165) is 42.4 Å².